The maximum absolute atomic E-state index is 12.4. The number of aryl methyl sites for hydroxylation is 1. The van der Waals surface area contributed by atoms with E-state index in [-0.39, 0.29) is 4.90 Å². The van der Waals surface area contributed by atoms with E-state index < -0.39 is 10.0 Å². The van der Waals surface area contributed by atoms with Crippen molar-refractivity contribution in [2.75, 3.05) is 12.9 Å². The van der Waals surface area contributed by atoms with Gasteiger partial charge >= 0.3 is 0 Å². The molecule has 0 amide bonds. The summed E-state index contributed by atoms with van der Waals surface area (Å²) in [5, 5.41) is 5.91. The van der Waals surface area contributed by atoms with Crippen LogP contribution in [0.1, 0.15) is 5.56 Å². The molecule has 0 radical (unpaired) electrons. The van der Waals surface area contributed by atoms with Crippen molar-refractivity contribution >= 4 is 48.9 Å². The highest BCUT2D eigenvalue weighted by Crippen LogP contribution is 2.23. The summed E-state index contributed by atoms with van der Waals surface area (Å²) in [6, 6.07) is 1.91. The van der Waals surface area contributed by atoms with Crippen LogP contribution in [0.15, 0.2) is 32.5 Å². The first-order valence-electron chi connectivity index (χ1n) is 5.71. The van der Waals surface area contributed by atoms with Gasteiger partial charge in [-0.25, -0.2) is 8.42 Å². The molecule has 0 unspecified atom stereocenters. The first-order chi connectivity index (χ1) is 9.43. The Bertz CT molecular complexity index is 683. The monoisotopic (exact) mass is 397 g/mol. The van der Waals surface area contributed by atoms with E-state index in [9.17, 15) is 8.42 Å². The average Bonchev–Trinajstić information content (AvgIpc) is 2.99. The standard InChI is InChI=1S/C11H13BrClN3O2S2/c1-15(6-9-4-11(12)19-8-9)20(17,18)10-5-14-16(7-10)3-2-13/h4-5,7-8H,2-3,6H2,1H3. The number of aromatic nitrogens is 2. The number of rotatable bonds is 6. The molecule has 5 nitrogen and oxygen atoms in total. The zero-order valence-electron chi connectivity index (χ0n) is 10.7. The number of alkyl halides is 1. The lowest BCUT2D eigenvalue weighted by Crippen LogP contribution is -2.26. The lowest BCUT2D eigenvalue weighted by Gasteiger charge is -2.15. The molecular formula is C11H13BrClN3O2S2. The third kappa shape index (κ3) is 3.62. The van der Waals surface area contributed by atoms with Gasteiger partial charge in [0.1, 0.15) is 4.90 Å². The van der Waals surface area contributed by atoms with Gasteiger partial charge in [-0.15, -0.1) is 22.9 Å². The van der Waals surface area contributed by atoms with Crippen molar-refractivity contribution in [2.45, 2.75) is 18.0 Å². The van der Waals surface area contributed by atoms with Crippen LogP contribution >= 0.6 is 38.9 Å². The smallest absolute Gasteiger partial charge is 0.246 e. The van der Waals surface area contributed by atoms with Crippen LogP contribution in [0.4, 0.5) is 0 Å². The predicted octanol–water partition coefficient (Wildman–Crippen LogP) is 2.77. The number of hydrogen-bond donors (Lipinski definition) is 0. The maximum atomic E-state index is 12.4. The van der Waals surface area contributed by atoms with Crippen molar-refractivity contribution in [3.63, 3.8) is 0 Å². The second-order valence-corrected chi connectivity index (χ2v) is 8.86. The highest BCUT2D eigenvalue weighted by Gasteiger charge is 2.23. The largest absolute Gasteiger partial charge is 0.270 e. The van der Waals surface area contributed by atoms with Crippen LogP contribution in [0.5, 0.6) is 0 Å². The zero-order chi connectivity index (χ0) is 14.8. The minimum atomic E-state index is -3.53. The fourth-order valence-electron chi connectivity index (χ4n) is 1.64. The maximum Gasteiger partial charge on any atom is 0.246 e. The van der Waals surface area contributed by atoms with Crippen LogP contribution in [0.2, 0.25) is 0 Å². The lowest BCUT2D eigenvalue weighted by atomic mass is 10.3. The molecule has 0 spiro atoms. The Morgan fingerprint density at radius 3 is 2.90 bits per heavy atom. The fraction of sp³-hybridized carbons (Fsp3) is 0.364. The van der Waals surface area contributed by atoms with E-state index in [0.717, 1.165) is 9.35 Å². The van der Waals surface area contributed by atoms with Crippen molar-refractivity contribution in [2.24, 2.45) is 0 Å². The second-order valence-electron chi connectivity index (χ2n) is 4.15. The molecule has 2 aromatic heterocycles. The Morgan fingerprint density at radius 2 is 2.30 bits per heavy atom. The molecule has 20 heavy (non-hydrogen) atoms. The molecule has 0 aromatic carbocycles. The zero-order valence-corrected chi connectivity index (χ0v) is 14.6. The quantitative estimate of drug-likeness (QED) is 0.703. The number of sulfonamides is 1. The van der Waals surface area contributed by atoms with Crippen LogP contribution in [-0.2, 0) is 23.1 Å². The third-order valence-electron chi connectivity index (χ3n) is 2.66. The third-order valence-corrected chi connectivity index (χ3v) is 6.14. The SMILES string of the molecule is CN(Cc1csc(Br)c1)S(=O)(=O)c1cnn(CCCl)c1. The Labute approximate surface area is 135 Å². The van der Waals surface area contributed by atoms with Gasteiger partial charge in [-0.3, -0.25) is 4.68 Å². The Morgan fingerprint density at radius 1 is 1.55 bits per heavy atom. The van der Waals surface area contributed by atoms with E-state index in [0.29, 0.717) is 19.0 Å². The molecule has 0 bridgehead atoms. The van der Waals surface area contributed by atoms with Crippen LogP contribution < -0.4 is 0 Å². The Kier molecular flexibility index (Phi) is 5.25. The first-order valence-corrected chi connectivity index (χ1v) is 9.36. The first kappa shape index (κ1) is 16.0. The number of nitrogens with zero attached hydrogens (tertiary/aromatic N) is 3. The molecule has 0 atom stereocenters. The van der Waals surface area contributed by atoms with Gasteiger partial charge in [0.15, 0.2) is 0 Å². The molecule has 0 aliphatic rings. The van der Waals surface area contributed by atoms with Crippen LogP contribution in [-0.4, -0.2) is 35.4 Å². The number of thiophene rings is 1. The molecule has 2 heterocycles. The summed E-state index contributed by atoms with van der Waals surface area (Å²) < 4.78 is 28.6. The summed E-state index contributed by atoms with van der Waals surface area (Å²) in [6.07, 6.45) is 2.85. The Hall–Kier alpha value is -0.410. The van der Waals surface area contributed by atoms with Crippen molar-refractivity contribution < 1.29 is 8.42 Å². The average molecular weight is 399 g/mol. The van der Waals surface area contributed by atoms with Gasteiger partial charge in [-0.1, -0.05) is 0 Å². The molecule has 2 rings (SSSR count). The van der Waals surface area contributed by atoms with Crippen LogP contribution in [0.3, 0.4) is 0 Å². The summed E-state index contributed by atoms with van der Waals surface area (Å²) >= 11 is 10.5. The fourth-order valence-corrected chi connectivity index (χ4v) is 4.13. The summed E-state index contributed by atoms with van der Waals surface area (Å²) in [6.45, 7) is 0.809. The normalized spacial score (nSPS) is 12.2. The molecule has 0 aliphatic carbocycles. The van der Waals surface area contributed by atoms with Gasteiger partial charge in [0, 0.05) is 25.7 Å². The highest BCUT2D eigenvalue weighted by atomic mass is 79.9. The van der Waals surface area contributed by atoms with Crippen LogP contribution in [0, 0.1) is 0 Å². The summed E-state index contributed by atoms with van der Waals surface area (Å²) in [4.78, 5) is 0.180. The van der Waals surface area contributed by atoms with E-state index in [2.05, 4.69) is 21.0 Å². The number of hydrogen-bond acceptors (Lipinski definition) is 4. The molecule has 0 aliphatic heterocycles. The van der Waals surface area contributed by atoms with E-state index in [1.807, 2.05) is 11.4 Å². The van der Waals surface area contributed by atoms with E-state index in [1.54, 1.807) is 7.05 Å². The van der Waals surface area contributed by atoms with E-state index in [1.165, 1.54) is 32.7 Å². The summed E-state index contributed by atoms with van der Waals surface area (Å²) in [5.41, 5.74) is 0.945. The van der Waals surface area contributed by atoms with Gasteiger partial charge < -0.3 is 0 Å². The van der Waals surface area contributed by atoms with Gasteiger partial charge in [0.05, 0.1) is 16.5 Å². The van der Waals surface area contributed by atoms with Crippen molar-refractivity contribution in [1.29, 1.82) is 0 Å². The second kappa shape index (κ2) is 6.57. The topological polar surface area (TPSA) is 55.2 Å². The molecule has 110 valence electrons. The summed E-state index contributed by atoms with van der Waals surface area (Å²) in [7, 11) is -1.97. The van der Waals surface area contributed by atoms with E-state index in [4.69, 9.17) is 11.6 Å². The molecule has 0 N–H and O–H groups in total. The van der Waals surface area contributed by atoms with Crippen molar-refractivity contribution in [1.82, 2.24) is 14.1 Å². The van der Waals surface area contributed by atoms with E-state index >= 15 is 0 Å². The number of halogens is 2. The van der Waals surface area contributed by atoms with Gasteiger partial charge in [-0.05, 0) is 32.9 Å². The molecule has 0 fully saturated rings. The van der Waals surface area contributed by atoms with Gasteiger partial charge in [-0.2, -0.15) is 9.40 Å². The van der Waals surface area contributed by atoms with Crippen LogP contribution in [0.25, 0.3) is 0 Å². The summed E-state index contributed by atoms with van der Waals surface area (Å²) in [5.74, 6) is 0.389. The lowest BCUT2D eigenvalue weighted by molar-refractivity contribution is 0.467. The Balaban J connectivity index is 2.15. The molecule has 0 saturated carbocycles. The van der Waals surface area contributed by atoms with Gasteiger partial charge in [0.2, 0.25) is 10.0 Å². The van der Waals surface area contributed by atoms with Crippen molar-refractivity contribution in [3.05, 3.63) is 33.2 Å². The minimum Gasteiger partial charge on any atom is -0.270 e. The molecular weight excluding hydrogens is 386 g/mol. The minimum absolute atomic E-state index is 0.180. The predicted molar refractivity (Wildman–Crippen MR) is 83.6 cm³/mol. The molecule has 0 saturated heterocycles. The molecule has 2 aromatic rings. The molecule has 9 heteroatoms. The highest BCUT2D eigenvalue weighted by molar-refractivity contribution is 9.11. The van der Waals surface area contributed by atoms with Crippen molar-refractivity contribution in [3.8, 4) is 0 Å². The van der Waals surface area contributed by atoms with Gasteiger partial charge in [0.25, 0.3) is 0 Å².